The molecule has 0 bridgehead atoms. The molecule has 0 aliphatic carbocycles. The second-order valence-electron chi connectivity index (χ2n) is 5.03. The Labute approximate surface area is 127 Å². The molecule has 116 valence electrons. The lowest BCUT2D eigenvalue weighted by Gasteiger charge is -2.07. The normalized spacial score (nSPS) is 11.5. The predicted molar refractivity (Wildman–Crippen MR) is 81.3 cm³/mol. The molecule has 23 heavy (non-hydrogen) atoms. The summed E-state index contributed by atoms with van der Waals surface area (Å²) in [5.41, 5.74) is -0.296. The standard InChI is InChI=1S/C16H10O7/c1-21-15-8(18)5-10-12(14(15)20)13(19)11-7-3-2-6(17)4-9(7)22-16(11)23-10/h2-5,17-18,20H,1H3. The van der Waals surface area contributed by atoms with E-state index in [2.05, 4.69) is 0 Å². The molecule has 0 saturated carbocycles. The molecule has 0 spiro atoms. The predicted octanol–water partition coefficient (Wildman–Crippen LogP) is 2.82. The maximum Gasteiger partial charge on any atom is 0.302 e. The highest BCUT2D eigenvalue weighted by Crippen LogP contribution is 2.42. The summed E-state index contributed by atoms with van der Waals surface area (Å²) in [7, 11) is 1.26. The first-order chi connectivity index (χ1) is 11.0. The molecule has 0 radical (unpaired) electrons. The molecule has 2 aromatic carbocycles. The summed E-state index contributed by atoms with van der Waals surface area (Å²) in [6, 6.07) is 5.46. The summed E-state index contributed by atoms with van der Waals surface area (Å²) in [5, 5.41) is 30.0. The van der Waals surface area contributed by atoms with Crippen LogP contribution in [0, 0.1) is 0 Å². The monoisotopic (exact) mass is 314 g/mol. The first-order valence-electron chi connectivity index (χ1n) is 6.62. The molecule has 0 aliphatic heterocycles. The van der Waals surface area contributed by atoms with Gasteiger partial charge in [-0.25, -0.2) is 0 Å². The lowest BCUT2D eigenvalue weighted by Crippen LogP contribution is -2.02. The van der Waals surface area contributed by atoms with E-state index >= 15 is 0 Å². The Kier molecular flexibility index (Phi) is 2.51. The Morgan fingerprint density at radius 3 is 2.48 bits per heavy atom. The third-order valence-corrected chi connectivity index (χ3v) is 3.70. The third kappa shape index (κ3) is 1.67. The molecule has 4 aromatic rings. The first kappa shape index (κ1) is 13.3. The molecular formula is C16H10O7. The van der Waals surface area contributed by atoms with Crippen molar-refractivity contribution in [1.82, 2.24) is 0 Å². The van der Waals surface area contributed by atoms with Crippen molar-refractivity contribution >= 4 is 33.1 Å². The van der Waals surface area contributed by atoms with E-state index in [-0.39, 0.29) is 45.0 Å². The van der Waals surface area contributed by atoms with Crippen molar-refractivity contribution in [2.24, 2.45) is 0 Å². The van der Waals surface area contributed by atoms with Gasteiger partial charge in [0.05, 0.1) is 7.11 Å². The zero-order chi connectivity index (χ0) is 16.3. The second kappa shape index (κ2) is 4.33. The van der Waals surface area contributed by atoms with Gasteiger partial charge in [0.2, 0.25) is 11.2 Å². The lowest BCUT2D eigenvalue weighted by atomic mass is 10.1. The summed E-state index contributed by atoms with van der Waals surface area (Å²) >= 11 is 0. The van der Waals surface area contributed by atoms with Crippen molar-refractivity contribution < 1.29 is 28.9 Å². The van der Waals surface area contributed by atoms with E-state index in [0.717, 1.165) is 0 Å². The minimum Gasteiger partial charge on any atom is -0.508 e. The van der Waals surface area contributed by atoms with Crippen molar-refractivity contribution in [2.45, 2.75) is 0 Å². The Bertz CT molecular complexity index is 1150. The van der Waals surface area contributed by atoms with Crippen LogP contribution in [-0.2, 0) is 0 Å². The summed E-state index contributed by atoms with van der Waals surface area (Å²) in [5.74, 6) is -1.17. The van der Waals surface area contributed by atoms with Gasteiger partial charge in [-0.2, -0.15) is 0 Å². The highest BCUT2D eigenvalue weighted by atomic mass is 16.5. The van der Waals surface area contributed by atoms with Gasteiger partial charge in [0.1, 0.15) is 27.7 Å². The number of fused-ring (bicyclic) bond motifs is 4. The van der Waals surface area contributed by atoms with Crippen LogP contribution in [0.1, 0.15) is 0 Å². The second-order valence-corrected chi connectivity index (χ2v) is 5.03. The topological polar surface area (TPSA) is 113 Å². The van der Waals surface area contributed by atoms with Gasteiger partial charge in [-0.15, -0.1) is 0 Å². The summed E-state index contributed by atoms with van der Waals surface area (Å²) in [6.07, 6.45) is 0. The smallest absolute Gasteiger partial charge is 0.302 e. The van der Waals surface area contributed by atoms with Crippen LogP contribution < -0.4 is 10.2 Å². The average molecular weight is 314 g/mol. The van der Waals surface area contributed by atoms with Crippen LogP contribution in [0.5, 0.6) is 23.0 Å². The van der Waals surface area contributed by atoms with Crippen LogP contribution >= 0.6 is 0 Å². The van der Waals surface area contributed by atoms with Crippen molar-refractivity contribution in [3.05, 3.63) is 34.5 Å². The van der Waals surface area contributed by atoms with Crippen molar-refractivity contribution in [3.63, 3.8) is 0 Å². The van der Waals surface area contributed by atoms with E-state index in [0.29, 0.717) is 5.39 Å². The number of methoxy groups -OCH3 is 1. The Morgan fingerprint density at radius 1 is 1.00 bits per heavy atom. The van der Waals surface area contributed by atoms with Gasteiger partial charge in [0, 0.05) is 17.5 Å². The molecule has 0 aliphatic rings. The zero-order valence-electron chi connectivity index (χ0n) is 11.8. The van der Waals surface area contributed by atoms with Gasteiger partial charge in [0.15, 0.2) is 11.5 Å². The summed E-state index contributed by atoms with van der Waals surface area (Å²) in [4.78, 5) is 12.8. The number of hydrogen-bond donors (Lipinski definition) is 3. The maximum absolute atomic E-state index is 12.8. The van der Waals surface area contributed by atoms with Crippen LogP contribution in [0.25, 0.3) is 33.1 Å². The largest absolute Gasteiger partial charge is 0.508 e. The molecule has 0 atom stereocenters. The first-order valence-corrected chi connectivity index (χ1v) is 6.62. The molecule has 0 amide bonds. The van der Waals surface area contributed by atoms with Gasteiger partial charge < -0.3 is 28.9 Å². The molecule has 2 heterocycles. The summed E-state index contributed by atoms with van der Waals surface area (Å²) < 4.78 is 15.8. The Hall–Kier alpha value is -3.35. The minimum atomic E-state index is -0.526. The van der Waals surface area contributed by atoms with Crippen molar-refractivity contribution in [3.8, 4) is 23.0 Å². The fourth-order valence-corrected chi connectivity index (χ4v) is 2.69. The molecule has 0 unspecified atom stereocenters. The molecule has 4 rings (SSSR count). The molecule has 7 heteroatoms. The molecular weight excluding hydrogens is 304 g/mol. The number of benzene rings is 2. The number of phenolic OH excluding ortho intramolecular Hbond substituents is 3. The van der Waals surface area contributed by atoms with Gasteiger partial charge >= 0.3 is 5.78 Å². The minimum absolute atomic E-state index is 0.0179. The van der Waals surface area contributed by atoms with E-state index in [1.807, 2.05) is 0 Å². The van der Waals surface area contributed by atoms with Gasteiger partial charge in [-0.05, 0) is 12.1 Å². The van der Waals surface area contributed by atoms with Crippen LogP contribution in [0.3, 0.4) is 0 Å². The summed E-state index contributed by atoms with van der Waals surface area (Å²) in [6.45, 7) is 0. The maximum atomic E-state index is 12.8. The van der Waals surface area contributed by atoms with Gasteiger partial charge in [0.25, 0.3) is 0 Å². The molecule has 0 fully saturated rings. The van der Waals surface area contributed by atoms with Crippen LogP contribution in [0.4, 0.5) is 0 Å². The fourth-order valence-electron chi connectivity index (χ4n) is 2.69. The molecule has 0 saturated heterocycles. The number of hydrogen-bond acceptors (Lipinski definition) is 7. The molecule has 7 nitrogen and oxygen atoms in total. The van der Waals surface area contributed by atoms with Crippen LogP contribution in [-0.4, -0.2) is 22.4 Å². The van der Waals surface area contributed by atoms with E-state index in [1.54, 1.807) is 0 Å². The Morgan fingerprint density at radius 2 is 1.74 bits per heavy atom. The number of phenols is 3. The van der Waals surface area contributed by atoms with E-state index in [9.17, 15) is 20.1 Å². The number of furan rings is 1. The number of rotatable bonds is 1. The zero-order valence-corrected chi connectivity index (χ0v) is 11.8. The van der Waals surface area contributed by atoms with Gasteiger partial charge in [-0.3, -0.25) is 4.79 Å². The highest BCUT2D eigenvalue weighted by Gasteiger charge is 2.22. The molecule has 2 aromatic heterocycles. The van der Waals surface area contributed by atoms with Gasteiger partial charge in [-0.1, -0.05) is 0 Å². The van der Waals surface area contributed by atoms with Crippen molar-refractivity contribution in [2.75, 3.05) is 7.11 Å². The van der Waals surface area contributed by atoms with Crippen molar-refractivity contribution in [1.29, 1.82) is 0 Å². The van der Waals surface area contributed by atoms with E-state index < -0.39 is 11.2 Å². The quantitative estimate of drug-likeness (QED) is 0.495. The number of aromatic hydroxyl groups is 3. The highest BCUT2D eigenvalue weighted by molar-refractivity contribution is 6.07. The number of ether oxygens (including phenoxy) is 1. The van der Waals surface area contributed by atoms with Crippen LogP contribution in [0.15, 0.2) is 37.9 Å². The lowest BCUT2D eigenvalue weighted by molar-refractivity contribution is 0.346. The van der Waals surface area contributed by atoms with E-state index in [1.165, 1.54) is 31.4 Å². The fraction of sp³-hybridized carbons (Fsp3) is 0.0625. The third-order valence-electron chi connectivity index (χ3n) is 3.70. The average Bonchev–Trinajstić information content (AvgIpc) is 2.84. The Balaban J connectivity index is 2.28. The molecule has 3 N–H and O–H groups in total. The van der Waals surface area contributed by atoms with E-state index in [4.69, 9.17) is 13.6 Å². The SMILES string of the molecule is COc1c(O)cc2oc3oc4cc(O)ccc4c3c(=O)c2c1O. The van der Waals surface area contributed by atoms with Crippen LogP contribution in [0.2, 0.25) is 0 Å².